The van der Waals surface area contributed by atoms with Crippen molar-refractivity contribution in [2.24, 2.45) is 0 Å². The van der Waals surface area contributed by atoms with Gasteiger partial charge in [0.05, 0.1) is 19.3 Å². The van der Waals surface area contributed by atoms with E-state index in [-0.39, 0.29) is 5.28 Å². The van der Waals surface area contributed by atoms with Crippen molar-refractivity contribution >= 4 is 25.5 Å². The SMILES string of the molecule is C[Si](C)(C)CCOCN(c1ccnc(Cl)n1)C1COC1. The molecule has 0 bridgehead atoms. The molecule has 0 amide bonds. The van der Waals surface area contributed by atoms with E-state index in [9.17, 15) is 0 Å². The normalized spacial score (nSPS) is 16.0. The van der Waals surface area contributed by atoms with E-state index in [1.807, 2.05) is 6.07 Å². The van der Waals surface area contributed by atoms with E-state index in [2.05, 4.69) is 34.5 Å². The summed E-state index contributed by atoms with van der Waals surface area (Å²) in [5.41, 5.74) is 0. The first kappa shape index (κ1) is 15.7. The summed E-state index contributed by atoms with van der Waals surface area (Å²) in [6, 6.07) is 3.33. The number of hydrogen-bond acceptors (Lipinski definition) is 5. The Morgan fingerprint density at radius 1 is 1.45 bits per heavy atom. The van der Waals surface area contributed by atoms with Gasteiger partial charge in [0, 0.05) is 20.9 Å². The molecule has 112 valence electrons. The fourth-order valence-corrected chi connectivity index (χ4v) is 2.69. The van der Waals surface area contributed by atoms with Crippen molar-refractivity contribution in [3.63, 3.8) is 0 Å². The molecule has 0 aliphatic carbocycles. The largest absolute Gasteiger partial charge is 0.377 e. The molecule has 0 unspecified atom stereocenters. The van der Waals surface area contributed by atoms with Crippen LogP contribution in [0, 0.1) is 0 Å². The molecule has 0 aromatic carbocycles. The molecule has 7 heteroatoms. The molecule has 5 nitrogen and oxygen atoms in total. The van der Waals surface area contributed by atoms with Crippen molar-refractivity contribution in [1.82, 2.24) is 9.97 Å². The minimum absolute atomic E-state index is 0.259. The number of ether oxygens (including phenoxy) is 2. The highest BCUT2D eigenvalue weighted by molar-refractivity contribution is 6.76. The monoisotopic (exact) mass is 315 g/mol. The molecular formula is C13H22ClN3O2Si. The molecule has 2 heterocycles. The highest BCUT2D eigenvalue weighted by atomic mass is 35.5. The van der Waals surface area contributed by atoms with E-state index in [4.69, 9.17) is 21.1 Å². The third kappa shape index (κ3) is 4.70. The van der Waals surface area contributed by atoms with Crippen LogP contribution in [0.5, 0.6) is 0 Å². The maximum atomic E-state index is 5.86. The molecule has 1 aromatic rings. The Bertz CT molecular complexity index is 438. The molecule has 20 heavy (non-hydrogen) atoms. The van der Waals surface area contributed by atoms with Gasteiger partial charge in [-0.05, 0) is 23.7 Å². The van der Waals surface area contributed by atoms with Crippen LogP contribution in [0.25, 0.3) is 0 Å². The van der Waals surface area contributed by atoms with E-state index in [1.165, 1.54) is 0 Å². The van der Waals surface area contributed by atoms with E-state index in [0.29, 0.717) is 26.0 Å². The van der Waals surface area contributed by atoms with Crippen LogP contribution in [0.1, 0.15) is 0 Å². The molecule has 1 saturated heterocycles. The van der Waals surface area contributed by atoms with E-state index >= 15 is 0 Å². The standard InChI is InChI=1S/C13H22ClN3O2Si/c1-20(2,3)7-6-18-10-17(11-8-19-9-11)12-4-5-15-13(14)16-12/h4-5,11H,6-10H2,1-3H3. The number of hydrogen-bond donors (Lipinski definition) is 0. The van der Waals surface area contributed by atoms with Crippen LogP contribution in [-0.2, 0) is 9.47 Å². The summed E-state index contributed by atoms with van der Waals surface area (Å²) >= 11 is 5.86. The van der Waals surface area contributed by atoms with Crippen LogP contribution < -0.4 is 4.90 Å². The van der Waals surface area contributed by atoms with Gasteiger partial charge >= 0.3 is 0 Å². The summed E-state index contributed by atoms with van der Waals surface area (Å²) in [4.78, 5) is 10.3. The molecule has 2 rings (SSSR count). The number of aromatic nitrogens is 2. The quantitative estimate of drug-likeness (QED) is 0.335. The first-order valence-corrected chi connectivity index (χ1v) is 10.9. The number of anilines is 1. The lowest BCUT2D eigenvalue weighted by Crippen LogP contribution is -2.50. The highest BCUT2D eigenvalue weighted by Crippen LogP contribution is 2.20. The minimum atomic E-state index is -1.05. The Labute approximate surface area is 126 Å². The summed E-state index contributed by atoms with van der Waals surface area (Å²) in [5, 5.41) is 0.259. The van der Waals surface area contributed by atoms with Crippen molar-refractivity contribution in [2.75, 3.05) is 31.5 Å². The topological polar surface area (TPSA) is 47.5 Å². The van der Waals surface area contributed by atoms with E-state index < -0.39 is 8.07 Å². The fraction of sp³-hybridized carbons (Fsp3) is 0.692. The van der Waals surface area contributed by atoms with Gasteiger partial charge in [-0.1, -0.05) is 19.6 Å². The molecule has 1 aliphatic rings. The van der Waals surface area contributed by atoms with Gasteiger partial charge in [-0.3, -0.25) is 0 Å². The summed E-state index contributed by atoms with van der Waals surface area (Å²) in [6.07, 6.45) is 1.67. The second kappa shape index (κ2) is 6.84. The molecule has 1 aromatic heterocycles. The maximum Gasteiger partial charge on any atom is 0.224 e. The Morgan fingerprint density at radius 3 is 2.75 bits per heavy atom. The predicted octanol–water partition coefficient (Wildman–Crippen LogP) is 2.65. The van der Waals surface area contributed by atoms with Gasteiger partial charge in [-0.2, -0.15) is 0 Å². The summed E-state index contributed by atoms with van der Waals surface area (Å²) < 4.78 is 11.1. The van der Waals surface area contributed by atoms with Crippen molar-refractivity contribution in [1.29, 1.82) is 0 Å². The van der Waals surface area contributed by atoms with E-state index in [1.54, 1.807) is 6.20 Å². The molecule has 0 radical (unpaired) electrons. The number of halogens is 1. The van der Waals surface area contributed by atoms with Gasteiger partial charge < -0.3 is 14.4 Å². The Balaban J connectivity index is 1.91. The molecule has 0 saturated carbocycles. The van der Waals surface area contributed by atoms with Gasteiger partial charge in [0.2, 0.25) is 5.28 Å². The summed E-state index contributed by atoms with van der Waals surface area (Å²) in [7, 11) is -1.05. The van der Waals surface area contributed by atoms with Crippen molar-refractivity contribution in [2.45, 2.75) is 31.7 Å². The van der Waals surface area contributed by atoms with Crippen molar-refractivity contribution in [3.8, 4) is 0 Å². The van der Waals surface area contributed by atoms with Crippen LogP contribution in [0.4, 0.5) is 5.82 Å². The predicted molar refractivity (Wildman–Crippen MR) is 83.1 cm³/mol. The second-order valence-corrected chi connectivity index (χ2v) is 12.2. The third-order valence-corrected chi connectivity index (χ3v) is 5.08. The first-order valence-electron chi connectivity index (χ1n) is 6.86. The van der Waals surface area contributed by atoms with Crippen LogP contribution >= 0.6 is 11.6 Å². The third-order valence-electron chi connectivity index (χ3n) is 3.19. The van der Waals surface area contributed by atoms with Crippen LogP contribution in [-0.4, -0.2) is 50.6 Å². The van der Waals surface area contributed by atoms with E-state index in [0.717, 1.165) is 18.5 Å². The zero-order valence-electron chi connectivity index (χ0n) is 12.3. The molecule has 1 aliphatic heterocycles. The average Bonchev–Trinajstić information content (AvgIpc) is 2.29. The Morgan fingerprint density at radius 2 is 2.20 bits per heavy atom. The van der Waals surface area contributed by atoms with Crippen LogP contribution in [0.2, 0.25) is 31.0 Å². The van der Waals surface area contributed by atoms with Crippen molar-refractivity contribution in [3.05, 3.63) is 17.5 Å². The maximum absolute atomic E-state index is 5.86. The highest BCUT2D eigenvalue weighted by Gasteiger charge is 2.27. The zero-order chi connectivity index (χ0) is 14.6. The second-order valence-electron chi connectivity index (χ2n) is 6.19. The lowest BCUT2D eigenvalue weighted by molar-refractivity contribution is -0.00460. The molecule has 0 atom stereocenters. The Kier molecular flexibility index (Phi) is 5.37. The van der Waals surface area contributed by atoms with Crippen molar-refractivity contribution < 1.29 is 9.47 Å². The zero-order valence-corrected chi connectivity index (χ0v) is 14.1. The van der Waals surface area contributed by atoms with Crippen LogP contribution in [0.3, 0.4) is 0 Å². The summed E-state index contributed by atoms with van der Waals surface area (Å²) in [5.74, 6) is 0.798. The Hall–Kier alpha value is -0.693. The van der Waals surface area contributed by atoms with Gasteiger partial charge in [-0.25, -0.2) is 9.97 Å². The lowest BCUT2D eigenvalue weighted by Gasteiger charge is -2.37. The molecule has 0 N–H and O–H groups in total. The van der Waals surface area contributed by atoms with Gasteiger partial charge in [0.1, 0.15) is 12.5 Å². The fourth-order valence-electron chi connectivity index (χ4n) is 1.79. The van der Waals surface area contributed by atoms with Gasteiger partial charge in [-0.15, -0.1) is 0 Å². The first-order chi connectivity index (χ1) is 9.46. The molecular weight excluding hydrogens is 294 g/mol. The van der Waals surface area contributed by atoms with Crippen LogP contribution in [0.15, 0.2) is 12.3 Å². The molecule has 1 fully saturated rings. The average molecular weight is 316 g/mol. The minimum Gasteiger partial charge on any atom is -0.377 e. The van der Waals surface area contributed by atoms with Gasteiger partial charge in [0.25, 0.3) is 0 Å². The molecule has 0 spiro atoms. The smallest absolute Gasteiger partial charge is 0.224 e. The lowest BCUT2D eigenvalue weighted by atomic mass is 10.2. The number of nitrogens with zero attached hydrogens (tertiary/aromatic N) is 3. The summed E-state index contributed by atoms with van der Waals surface area (Å²) in [6.45, 7) is 9.76. The van der Waals surface area contributed by atoms with Gasteiger partial charge in [0.15, 0.2) is 0 Å². The number of rotatable bonds is 7.